The van der Waals surface area contributed by atoms with Crippen LogP contribution >= 0.6 is 22.7 Å². The smallest absolute Gasteiger partial charge is 0.348 e. The van der Waals surface area contributed by atoms with Crippen LogP contribution in [0.1, 0.15) is 42.3 Å². The lowest BCUT2D eigenvalue weighted by molar-refractivity contribution is -0.138. The number of thiophene rings is 1. The Hall–Kier alpha value is -2.25. The highest BCUT2D eigenvalue weighted by molar-refractivity contribution is 7.26. The van der Waals surface area contributed by atoms with Gasteiger partial charge in [0.2, 0.25) is 0 Å². The molecule has 1 aliphatic heterocycles. The fourth-order valence-corrected chi connectivity index (χ4v) is 5.49. The van der Waals surface area contributed by atoms with Crippen LogP contribution in [0.25, 0.3) is 20.1 Å². The van der Waals surface area contributed by atoms with E-state index in [0.717, 1.165) is 52.3 Å². The Kier molecular flexibility index (Phi) is 5.73. The van der Waals surface area contributed by atoms with Crippen LogP contribution in [-0.2, 0) is 9.53 Å². The predicted molar refractivity (Wildman–Crippen MR) is 113 cm³/mol. The third kappa shape index (κ3) is 3.95. The number of amides is 1. The molecular formula is C21H22N2O3S2. The molecule has 1 fully saturated rings. The molecule has 3 heterocycles. The fourth-order valence-electron chi connectivity index (χ4n) is 3.57. The average Bonchev–Trinajstić information content (AvgIpc) is 3.38. The van der Waals surface area contributed by atoms with Crippen molar-refractivity contribution in [1.82, 2.24) is 9.88 Å². The van der Waals surface area contributed by atoms with Crippen molar-refractivity contribution in [3.8, 4) is 9.88 Å². The summed E-state index contributed by atoms with van der Waals surface area (Å²) >= 11 is 2.95. The summed E-state index contributed by atoms with van der Waals surface area (Å²) in [7, 11) is 0. The predicted octanol–water partition coefficient (Wildman–Crippen LogP) is 4.97. The van der Waals surface area contributed by atoms with Crippen molar-refractivity contribution >= 4 is 44.8 Å². The molecule has 0 N–H and O–H groups in total. The number of likely N-dealkylation sites (tertiary alicyclic amines) is 1. The number of hydrogen-bond acceptors (Lipinski definition) is 6. The fraction of sp³-hybridized carbons (Fsp3) is 0.381. The lowest BCUT2D eigenvalue weighted by Gasteiger charge is -2.35. The van der Waals surface area contributed by atoms with E-state index in [0.29, 0.717) is 4.88 Å². The monoisotopic (exact) mass is 414 g/mol. The lowest BCUT2D eigenvalue weighted by Crippen LogP contribution is -2.45. The maximum atomic E-state index is 12.5. The SMILES string of the molecule is CCC1CCCCN1C(=O)COC(=O)c1ccc(-c2nc3ccccc3s2)s1. The van der Waals surface area contributed by atoms with Gasteiger partial charge in [-0.2, -0.15) is 0 Å². The van der Waals surface area contributed by atoms with E-state index in [1.54, 1.807) is 17.4 Å². The number of benzene rings is 1. The molecule has 1 atom stereocenters. The minimum Gasteiger partial charge on any atom is -0.451 e. The number of nitrogens with zero attached hydrogens (tertiary/aromatic N) is 2. The molecule has 3 aromatic rings. The number of aromatic nitrogens is 1. The summed E-state index contributed by atoms with van der Waals surface area (Å²) in [6.45, 7) is 2.66. The van der Waals surface area contributed by atoms with Gasteiger partial charge in [-0.25, -0.2) is 9.78 Å². The van der Waals surface area contributed by atoms with Gasteiger partial charge in [-0.05, 0) is 49.9 Å². The van der Waals surface area contributed by atoms with Crippen LogP contribution < -0.4 is 0 Å². The molecule has 0 saturated carbocycles. The molecule has 146 valence electrons. The molecule has 2 aromatic heterocycles. The summed E-state index contributed by atoms with van der Waals surface area (Å²) in [6, 6.07) is 11.9. The zero-order valence-electron chi connectivity index (χ0n) is 15.7. The van der Waals surface area contributed by atoms with Crippen molar-refractivity contribution < 1.29 is 14.3 Å². The highest BCUT2D eigenvalue weighted by Crippen LogP contribution is 2.34. The summed E-state index contributed by atoms with van der Waals surface area (Å²) < 4.78 is 6.43. The molecule has 5 nitrogen and oxygen atoms in total. The lowest BCUT2D eigenvalue weighted by atomic mass is 10.00. The van der Waals surface area contributed by atoms with Crippen LogP contribution in [0.5, 0.6) is 0 Å². The van der Waals surface area contributed by atoms with Gasteiger partial charge in [0.15, 0.2) is 6.61 Å². The first kappa shape index (κ1) is 19.1. The van der Waals surface area contributed by atoms with Gasteiger partial charge in [-0.3, -0.25) is 4.79 Å². The van der Waals surface area contributed by atoms with Gasteiger partial charge < -0.3 is 9.64 Å². The van der Waals surface area contributed by atoms with Gasteiger partial charge in [0.25, 0.3) is 5.91 Å². The number of carbonyl (C=O) groups excluding carboxylic acids is 2. The van der Waals surface area contributed by atoms with Gasteiger partial charge in [0, 0.05) is 12.6 Å². The van der Waals surface area contributed by atoms with E-state index in [1.165, 1.54) is 11.3 Å². The van der Waals surface area contributed by atoms with Crippen LogP contribution in [0.3, 0.4) is 0 Å². The van der Waals surface area contributed by atoms with Crippen LogP contribution in [0.15, 0.2) is 36.4 Å². The number of thiazole rings is 1. The zero-order valence-corrected chi connectivity index (χ0v) is 17.4. The van der Waals surface area contributed by atoms with Crippen molar-refractivity contribution in [3.63, 3.8) is 0 Å². The second kappa shape index (κ2) is 8.41. The maximum Gasteiger partial charge on any atom is 0.348 e. The molecule has 0 radical (unpaired) electrons. The van der Waals surface area contributed by atoms with Crippen molar-refractivity contribution in [2.75, 3.05) is 13.2 Å². The molecule has 0 aliphatic carbocycles. The molecule has 28 heavy (non-hydrogen) atoms. The molecule has 1 amide bonds. The Balaban J connectivity index is 1.39. The second-order valence-corrected chi connectivity index (χ2v) is 8.99. The molecule has 1 aromatic carbocycles. The van der Waals surface area contributed by atoms with Crippen molar-refractivity contribution in [1.29, 1.82) is 0 Å². The molecule has 1 saturated heterocycles. The van der Waals surface area contributed by atoms with Gasteiger partial charge in [0.1, 0.15) is 9.88 Å². The highest BCUT2D eigenvalue weighted by atomic mass is 32.1. The molecule has 0 bridgehead atoms. The molecule has 0 spiro atoms. The molecule has 4 rings (SSSR count). The van der Waals surface area contributed by atoms with E-state index in [2.05, 4.69) is 11.9 Å². The molecule has 1 unspecified atom stereocenters. The van der Waals surface area contributed by atoms with Crippen LogP contribution in [0.4, 0.5) is 0 Å². The summed E-state index contributed by atoms with van der Waals surface area (Å²) in [5.41, 5.74) is 0.956. The average molecular weight is 415 g/mol. The van der Waals surface area contributed by atoms with E-state index in [1.807, 2.05) is 35.2 Å². The number of piperidine rings is 1. The van der Waals surface area contributed by atoms with Gasteiger partial charge >= 0.3 is 5.97 Å². The number of hydrogen-bond donors (Lipinski definition) is 0. The van der Waals surface area contributed by atoms with E-state index >= 15 is 0 Å². The Morgan fingerprint density at radius 2 is 2.04 bits per heavy atom. The minimum atomic E-state index is -0.448. The summed E-state index contributed by atoms with van der Waals surface area (Å²) in [5.74, 6) is -0.543. The van der Waals surface area contributed by atoms with Crippen molar-refractivity contribution in [2.45, 2.75) is 38.6 Å². The molecule has 1 aliphatic rings. The largest absolute Gasteiger partial charge is 0.451 e. The maximum absolute atomic E-state index is 12.5. The normalized spacial score (nSPS) is 17.0. The van der Waals surface area contributed by atoms with Crippen molar-refractivity contribution in [2.24, 2.45) is 0 Å². The summed E-state index contributed by atoms with van der Waals surface area (Å²) in [5, 5.41) is 0.889. The Labute approximate surface area is 172 Å². The number of rotatable bonds is 5. The third-order valence-corrected chi connectivity index (χ3v) is 7.33. The van der Waals surface area contributed by atoms with Gasteiger partial charge in [-0.15, -0.1) is 22.7 Å². The molecular weight excluding hydrogens is 392 g/mol. The summed E-state index contributed by atoms with van der Waals surface area (Å²) in [4.78, 5) is 32.8. The zero-order chi connectivity index (χ0) is 19.5. The first-order valence-corrected chi connectivity index (χ1v) is 11.2. The third-order valence-electron chi connectivity index (χ3n) is 5.06. The number of esters is 1. The minimum absolute atomic E-state index is 0.0946. The van der Waals surface area contributed by atoms with E-state index in [4.69, 9.17) is 4.74 Å². The number of ether oxygens (including phenoxy) is 1. The second-order valence-electron chi connectivity index (χ2n) is 6.87. The number of para-hydroxylation sites is 1. The first-order chi connectivity index (χ1) is 13.7. The Bertz CT molecular complexity index is 961. The first-order valence-electron chi connectivity index (χ1n) is 9.58. The standard InChI is InChI=1S/C21H22N2O3S2/c1-2-14-7-5-6-12-23(14)19(24)13-26-21(25)18-11-10-17(27-18)20-22-15-8-3-4-9-16(15)28-20/h3-4,8-11,14H,2,5-7,12-13H2,1H3. The summed E-state index contributed by atoms with van der Waals surface area (Å²) in [6.07, 6.45) is 4.15. The topological polar surface area (TPSA) is 59.5 Å². The Morgan fingerprint density at radius 1 is 1.18 bits per heavy atom. The van der Waals surface area contributed by atoms with E-state index in [-0.39, 0.29) is 18.6 Å². The molecule has 7 heteroatoms. The van der Waals surface area contributed by atoms with Gasteiger partial charge in [0.05, 0.1) is 15.1 Å². The highest BCUT2D eigenvalue weighted by Gasteiger charge is 2.26. The quantitative estimate of drug-likeness (QED) is 0.553. The van der Waals surface area contributed by atoms with E-state index < -0.39 is 5.97 Å². The number of fused-ring (bicyclic) bond motifs is 1. The van der Waals surface area contributed by atoms with Gasteiger partial charge in [-0.1, -0.05) is 19.1 Å². The van der Waals surface area contributed by atoms with Crippen LogP contribution in [-0.4, -0.2) is 41.0 Å². The van der Waals surface area contributed by atoms with E-state index in [9.17, 15) is 9.59 Å². The Morgan fingerprint density at radius 3 is 2.86 bits per heavy atom. The van der Waals surface area contributed by atoms with Crippen molar-refractivity contribution in [3.05, 3.63) is 41.3 Å². The van der Waals surface area contributed by atoms with Crippen LogP contribution in [0.2, 0.25) is 0 Å². The van der Waals surface area contributed by atoms with Crippen LogP contribution in [0, 0.1) is 0 Å². The number of carbonyl (C=O) groups is 2.